The van der Waals surface area contributed by atoms with Crippen molar-refractivity contribution < 1.29 is 19.2 Å². The van der Waals surface area contributed by atoms with Crippen LogP contribution in [0.15, 0.2) is 34.9 Å². The largest absolute Gasteiger partial charge is 0.496 e. The molecule has 1 aromatic heterocycles. The first-order valence-electron chi connectivity index (χ1n) is 8.56. The summed E-state index contributed by atoms with van der Waals surface area (Å²) in [7, 11) is 1.67. The first-order valence-corrected chi connectivity index (χ1v) is 8.56. The molecular weight excluding hydrogens is 320 g/mol. The Morgan fingerprint density at radius 2 is 2.20 bits per heavy atom. The van der Waals surface area contributed by atoms with E-state index in [2.05, 4.69) is 12.1 Å². The summed E-state index contributed by atoms with van der Waals surface area (Å²) in [6.07, 6.45) is 1.33. The third-order valence-electron chi connectivity index (χ3n) is 4.67. The molecule has 1 aliphatic heterocycles. The maximum atomic E-state index is 12.4. The van der Waals surface area contributed by atoms with E-state index in [0.29, 0.717) is 25.3 Å². The number of rotatable bonds is 7. The summed E-state index contributed by atoms with van der Waals surface area (Å²) in [6, 6.07) is 9.69. The van der Waals surface area contributed by atoms with Crippen LogP contribution in [0.5, 0.6) is 5.75 Å². The van der Waals surface area contributed by atoms with Gasteiger partial charge < -0.3 is 19.3 Å². The number of likely N-dealkylation sites (tertiary alicyclic amines) is 1. The van der Waals surface area contributed by atoms with Gasteiger partial charge in [-0.25, -0.2) is 0 Å². The number of aliphatic hydroxyl groups is 1. The second-order valence-electron chi connectivity index (χ2n) is 6.70. The van der Waals surface area contributed by atoms with Gasteiger partial charge in [-0.05, 0) is 24.0 Å². The molecule has 0 radical (unpaired) electrons. The van der Waals surface area contributed by atoms with Gasteiger partial charge in [0, 0.05) is 31.5 Å². The molecule has 1 N–H and O–H groups in total. The quantitative estimate of drug-likeness (QED) is 0.834. The van der Waals surface area contributed by atoms with Gasteiger partial charge in [0.05, 0.1) is 12.8 Å². The molecule has 0 spiro atoms. The Morgan fingerprint density at radius 3 is 2.88 bits per heavy atom. The van der Waals surface area contributed by atoms with E-state index in [-0.39, 0.29) is 24.3 Å². The predicted octanol–water partition coefficient (Wildman–Crippen LogP) is 2.37. The molecule has 2 aromatic rings. The molecule has 1 amide bonds. The smallest absolute Gasteiger partial charge is 0.222 e. The SMILES string of the molecule is COc1ccccc1CC(C)CC(=O)N1CC(c2cc(CO)on2)C1. The van der Waals surface area contributed by atoms with Crippen LogP contribution in [-0.4, -0.2) is 41.3 Å². The number of para-hydroxylation sites is 1. The van der Waals surface area contributed by atoms with E-state index < -0.39 is 0 Å². The van der Waals surface area contributed by atoms with E-state index in [9.17, 15) is 4.79 Å². The lowest BCUT2D eigenvalue weighted by Gasteiger charge is -2.38. The summed E-state index contributed by atoms with van der Waals surface area (Å²) in [5, 5.41) is 13.0. The highest BCUT2D eigenvalue weighted by molar-refractivity contribution is 5.77. The lowest BCUT2D eigenvalue weighted by atomic mass is 9.93. The van der Waals surface area contributed by atoms with Gasteiger partial charge in [0.25, 0.3) is 0 Å². The van der Waals surface area contributed by atoms with E-state index in [1.165, 1.54) is 0 Å². The van der Waals surface area contributed by atoms with E-state index in [4.69, 9.17) is 14.4 Å². The minimum Gasteiger partial charge on any atom is -0.496 e. The number of amides is 1. The molecule has 3 rings (SSSR count). The Hall–Kier alpha value is -2.34. The Bertz CT molecular complexity index is 722. The van der Waals surface area contributed by atoms with E-state index in [1.54, 1.807) is 13.2 Å². The highest BCUT2D eigenvalue weighted by Gasteiger charge is 2.34. The number of aromatic nitrogens is 1. The zero-order valence-corrected chi connectivity index (χ0v) is 14.6. The average molecular weight is 344 g/mol. The topological polar surface area (TPSA) is 75.8 Å². The number of carbonyl (C=O) groups excluding carboxylic acids is 1. The zero-order chi connectivity index (χ0) is 17.8. The van der Waals surface area contributed by atoms with Crippen LogP contribution in [0.3, 0.4) is 0 Å². The van der Waals surface area contributed by atoms with Crippen LogP contribution in [0.2, 0.25) is 0 Å². The van der Waals surface area contributed by atoms with Gasteiger partial charge >= 0.3 is 0 Å². The molecule has 6 heteroatoms. The number of nitrogens with zero attached hydrogens (tertiary/aromatic N) is 2. The molecule has 25 heavy (non-hydrogen) atoms. The standard InChI is InChI=1S/C19H24N2O4/c1-13(7-14-5-3-4-6-18(14)24-2)8-19(23)21-10-15(11-21)17-9-16(12-22)25-20-17/h3-6,9,13,15,22H,7-8,10-12H2,1-2H3. The van der Waals surface area contributed by atoms with Crippen molar-refractivity contribution in [1.82, 2.24) is 10.1 Å². The number of hydrogen-bond acceptors (Lipinski definition) is 5. The Morgan fingerprint density at radius 1 is 1.44 bits per heavy atom. The minimum absolute atomic E-state index is 0.150. The number of carbonyl (C=O) groups is 1. The molecule has 1 saturated heterocycles. The fraction of sp³-hybridized carbons (Fsp3) is 0.474. The molecule has 1 fully saturated rings. The van der Waals surface area contributed by atoms with Crippen LogP contribution in [-0.2, 0) is 17.8 Å². The third kappa shape index (κ3) is 4.02. The maximum Gasteiger partial charge on any atom is 0.222 e. The van der Waals surface area contributed by atoms with Crippen molar-refractivity contribution in [3.05, 3.63) is 47.3 Å². The Kier molecular flexibility index (Phi) is 5.38. The average Bonchev–Trinajstić information content (AvgIpc) is 3.02. The van der Waals surface area contributed by atoms with Crippen LogP contribution in [0, 0.1) is 5.92 Å². The molecule has 1 aliphatic rings. The van der Waals surface area contributed by atoms with Crippen molar-refractivity contribution >= 4 is 5.91 Å². The van der Waals surface area contributed by atoms with Crippen molar-refractivity contribution in [3.8, 4) is 5.75 Å². The van der Waals surface area contributed by atoms with E-state index in [1.807, 2.05) is 29.2 Å². The molecule has 6 nitrogen and oxygen atoms in total. The number of aliphatic hydroxyl groups excluding tert-OH is 1. The van der Waals surface area contributed by atoms with Gasteiger partial charge in [0.1, 0.15) is 12.4 Å². The molecule has 1 unspecified atom stereocenters. The number of ether oxygens (including phenoxy) is 1. The molecule has 1 atom stereocenters. The highest BCUT2D eigenvalue weighted by Crippen LogP contribution is 2.29. The van der Waals surface area contributed by atoms with Gasteiger partial charge in [0.15, 0.2) is 5.76 Å². The lowest BCUT2D eigenvalue weighted by molar-refractivity contribution is -0.136. The molecule has 0 aliphatic carbocycles. The van der Waals surface area contributed by atoms with Gasteiger partial charge in [-0.15, -0.1) is 0 Å². The molecular formula is C19H24N2O4. The first kappa shape index (κ1) is 17.5. The molecule has 0 saturated carbocycles. The monoisotopic (exact) mass is 344 g/mol. The first-order chi connectivity index (χ1) is 12.1. The second kappa shape index (κ2) is 7.70. The second-order valence-corrected chi connectivity index (χ2v) is 6.70. The Balaban J connectivity index is 1.48. The van der Waals surface area contributed by atoms with Crippen LogP contribution >= 0.6 is 0 Å². The zero-order valence-electron chi connectivity index (χ0n) is 14.6. The minimum atomic E-state index is -0.150. The number of methoxy groups -OCH3 is 1. The Labute approximate surface area is 147 Å². The van der Waals surface area contributed by atoms with Gasteiger partial charge in [0.2, 0.25) is 5.91 Å². The molecule has 2 heterocycles. The summed E-state index contributed by atoms with van der Waals surface area (Å²) >= 11 is 0. The van der Waals surface area contributed by atoms with E-state index in [0.717, 1.165) is 23.4 Å². The van der Waals surface area contributed by atoms with Crippen molar-refractivity contribution in [2.45, 2.75) is 32.3 Å². The summed E-state index contributed by atoms with van der Waals surface area (Å²) in [5.74, 6) is 1.96. The fourth-order valence-electron chi connectivity index (χ4n) is 3.21. The molecule has 1 aromatic carbocycles. The normalized spacial score (nSPS) is 15.7. The third-order valence-corrected chi connectivity index (χ3v) is 4.67. The van der Waals surface area contributed by atoms with Crippen LogP contribution in [0.4, 0.5) is 0 Å². The van der Waals surface area contributed by atoms with Crippen LogP contribution in [0.1, 0.15) is 36.3 Å². The van der Waals surface area contributed by atoms with Crippen molar-refractivity contribution in [2.75, 3.05) is 20.2 Å². The molecule has 134 valence electrons. The number of benzene rings is 1. The molecule has 0 bridgehead atoms. The summed E-state index contributed by atoms with van der Waals surface area (Å²) in [5.41, 5.74) is 1.95. The summed E-state index contributed by atoms with van der Waals surface area (Å²) in [4.78, 5) is 14.3. The van der Waals surface area contributed by atoms with Gasteiger partial charge in [-0.2, -0.15) is 0 Å². The highest BCUT2D eigenvalue weighted by atomic mass is 16.5. The lowest BCUT2D eigenvalue weighted by Crippen LogP contribution is -2.49. The summed E-state index contributed by atoms with van der Waals surface area (Å²) < 4.78 is 10.4. The predicted molar refractivity (Wildman–Crippen MR) is 92.2 cm³/mol. The van der Waals surface area contributed by atoms with Crippen molar-refractivity contribution in [3.63, 3.8) is 0 Å². The van der Waals surface area contributed by atoms with Crippen molar-refractivity contribution in [1.29, 1.82) is 0 Å². The fourth-order valence-corrected chi connectivity index (χ4v) is 3.21. The summed E-state index contributed by atoms with van der Waals surface area (Å²) in [6.45, 7) is 3.27. The van der Waals surface area contributed by atoms with Crippen LogP contribution in [0.25, 0.3) is 0 Å². The van der Waals surface area contributed by atoms with Gasteiger partial charge in [-0.1, -0.05) is 30.3 Å². The van der Waals surface area contributed by atoms with E-state index >= 15 is 0 Å². The van der Waals surface area contributed by atoms with Crippen LogP contribution < -0.4 is 4.74 Å². The maximum absolute atomic E-state index is 12.4. The van der Waals surface area contributed by atoms with Gasteiger partial charge in [-0.3, -0.25) is 4.79 Å². The number of hydrogen-bond donors (Lipinski definition) is 1. The van der Waals surface area contributed by atoms with Crippen molar-refractivity contribution in [2.24, 2.45) is 5.92 Å².